The maximum atomic E-state index is 11.8. The Bertz CT molecular complexity index is 533. The van der Waals surface area contributed by atoms with Crippen molar-refractivity contribution in [3.8, 4) is 0 Å². The molecule has 1 aromatic heterocycles. The van der Waals surface area contributed by atoms with E-state index in [0.717, 1.165) is 18.7 Å². The molecule has 0 spiro atoms. The maximum Gasteiger partial charge on any atom is 0.338 e. The van der Waals surface area contributed by atoms with Crippen molar-refractivity contribution in [3.05, 3.63) is 48.5 Å². The van der Waals surface area contributed by atoms with Crippen molar-refractivity contribution >= 4 is 11.7 Å². The average molecular weight is 273 g/mol. The number of aryl methyl sites for hydroxylation is 1. The second-order valence-corrected chi connectivity index (χ2v) is 4.73. The van der Waals surface area contributed by atoms with Crippen molar-refractivity contribution in [3.63, 3.8) is 0 Å². The Morgan fingerprint density at radius 2 is 2.05 bits per heavy atom. The van der Waals surface area contributed by atoms with Gasteiger partial charge in [0.15, 0.2) is 0 Å². The standard InChI is InChI=1S/C15H19N3O2/c1-17(2)14-6-4-13(5-7-14)15(19)20-11-3-9-18-10-8-16-12-18/h4-8,10,12H,3,9,11H2,1-2H3. The Morgan fingerprint density at radius 1 is 1.30 bits per heavy atom. The van der Waals surface area contributed by atoms with Crippen LogP contribution in [0, 0.1) is 0 Å². The quantitative estimate of drug-likeness (QED) is 0.598. The molecule has 106 valence electrons. The molecule has 0 N–H and O–H groups in total. The van der Waals surface area contributed by atoms with E-state index in [1.807, 2.05) is 41.9 Å². The van der Waals surface area contributed by atoms with Crippen LogP contribution in [-0.4, -0.2) is 36.2 Å². The summed E-state index contributed by atoms with van der Waals surface area (Å²) in [7, 11) is 3.92. The number of hydrogen-bond acceptors (Lipinski definition) is 4. The van der Waals surface area contributed by atoms with Crippen LogP contribution >= 0.6 is 0 Å². The molecule has 1 heterocycles. The number of ether oxygens (including phenoxy) is 1. The second kappa shape index (κ2) is 6.75. The van der Waals surface area contributed by atoms with E-state index in [0.29, 0.717) is 12.2 Å². The zero-order valence-corrected chi connectivity index (χ0v) is 11.8. The summed E-state index contributed by atoms with van der Waals surface area (Å²) in [6, 6.07) is 7.38. The van der Waals surface area contributed by atoms with Gasteiger partial charge < -0.3 is 14.2 Å². The lowest BCUT2D eigenvalue weighted by atomic mass is 10.2. The lowest BCUT2D eigenvalue weighted by Gasteiger charge is -2.12. The van der Waals surface area contributed by atoms with Gasteiger partial charge in [-0.3, -0.25) is 0 Å². The van der Waals surface area contributed by atoms with Crippen molar-refractivity contribution in [2.45, 2.75) is 13.0 Å². The largest absolute Gasteiger partial charge is 0.462 e. The van der Waals surface area contributed by atoms with Crippen LogP contribution in [0.5, 0.6) is 0 Å². The topological polar surface area (TPSA) is 47.4 Å². The zero-order chi connectivity index (χ0) is 14.4. The van der Waals surface area contributed by atoms with Gasteiger partial charge in [0.2, 0.25) is 0 Å². The number of nitrogens with zero attached hydrogens (tertiary/aromatic N) is 3. The minimum Gasteiger partial charge on any atom is -0.462 e. The molecule has 0 amide bonds. The van der Waals surface area contributed by atoms with Crippen LogP contribution in [0.1, 0.15) is 16.8 Å². The fraction of sp³-hybridized carbons (Fsp3) is 0.333. The first-order chi connectivity index (χ1) is 9.66. The predicted molar refractivity (Wildman–Crippen MR) is 77.9 cm³/mol. The van der Waals surface area contributed by atoms with Gasteiger partial charge in [0.25, 0.3) is 0 Å². The van der Waals surface area contributed by atoms with E-state index >= 15 is 0 Å². The summed E-state index contributed by atoms with van der Waals surface area (Å²) in [6.45, 7) is 1.21. The molecule has 0 aliphatic heterocycles. The van der Waals surface area contributed by atoms with Crippen molar-refractivity contribution < 1.29 is 9.53 Å². The number of hydrogen-bond donors (Lipinski definition) is 0. The van der Waals surface area contributed by atoms with Crippen LogP contribution in [0.15, 0.2) is 43.0 Å². The molecule has 0 fully saturated rings. The van der Waals surface area contributed by atoms with Crippen LogP contribution in [0.25, 0.3) is 0 Å². The number of carbonyl (C=O) groups excluding carboxylic acids is 1. The van der Waals surface area contributed by atoms with E-state index < -0.39 is 0 Å². The first-order valence-corrected chi connectivity index (χ1v) is 6.57. The Kier molecular flexibility index (Phi) is 4.76. The molecule has 0 radical (unpaired) electrons. The number of carbonyl (C=O) groups is 1. The molecular weight excluding hydrogens is 254 g/mol. The highest BCUT2D eigenvalue weighted by Crippen LogP contribution is 2.13. The minimum atomic E-state index is -0.277. The first-order valence-electron chi connectivity index (χ1n) is 6.57. The number of esters is 1. The number of imidazole rings is 1. The molecule has 2 aromatic rings. The second-order valence-electron chi connectivity index (χ2n) is 4.73. The summed E-state index contributed by atoms with van der Waals surface area (Å²) < 4.78 is 7.20. The SMILES string of the molecule is CN(C)c1ccc(C(=O)OCCCn2ccnc2)cc1. The molecule has 5 heteroatoms. The summed E-state index contributed by atoms with van der Waals surface area (Å²) in [5.41, 5.74) is 1.64. The fourth-order valence-electron chi connectivity index (χ4n) is 1.81. The lowest BCUT2D eigenvalue weighted by molar-refractivity contribution is 0.0496. The van der Waals surface area contributed by atoms with Gasteiger partial charge in [-0.2, -0.15) is 0 Å². The van der Waals surface area contributed by atoms with Crippen molar-refractivity contribution in [2.24, 2.45) is 0 Å². The van der Waals surface area contributed by atoms with Gasteiger partial charge >= 0.3 is 5.97 Å². The van der Waals surface area contributed by atoms with Crippen LogP contribution in [0.2, 0.25) is 0 Å². The van der Waals surface area contributed by atoms with E-state index in [1.165, 1.54) is 0 Å². The Labute approximate surface area is 118 Å². The van der Waals surface area contributed by atoms with Gasteiger partial charge in [-0.15, -0.1) is 0 Å². The summed E-state index contributed by atoms with van der Waals surface area (Å²) >= 11 is 0. The van der Waals surface area contributed by atoms with Gasteiger partial charge in [0.05, 0.1) is 18.5 Å². The van der Waals surface area contributed by atoms with Crippen LogP contribution in [0.4, 0.5) is 5.69 Å². The van der Waals surface area contributed by atoms with Crippen LogP contribution in [-0.2, 0) is 11.3 Å². The average Bonchev–Trinajstić information content (AvgIpc) is 2.96. The van der Waals surface area contributed by atoms with Gasteiger partial charge in [-0.1, -0.05) is 0 Å². The Morgan fingerprint density at radius 3 is 2.65 bits per heavy atom. The smallest absolute Gasteiger partial charge is 0.338 e. The lowest BCUT2D eigenvalue weighted by Crippen LogP contribution is -2.10. The van der Waals surface area contributed by atoms with E-state index in [9.17, 15) is 4.79 Å². The Hall–Kier alpha value is -2.30. The molecule has 0 aliphatic carbocycles. The molecule has 0 saturated carbocycles. The fourth-order valence-corrected chi connectivity index (χ4v) is 1.81. The minimum absolute atomic E-state index is 0.277. The third-order valence-electron chi connectivity index (χ3n) is 2.97. The van der Waals surface area contributed by atoms with E-state index in [4.69, 9.17) is 4.74 Å². The number of anilines is 1. The van der Waals surface area contributed by atoms with Crippen LogP contribution < -0.4 is 4.90 Å². The molecule has 0 bridgehead atoms. The summed E-state index contributed by atoms with van der Waals surface area (Å²) in [6.07, 6.45) is 6.15. The molecule has 0 unspecified atom stereocenters. The number of benzene rings is 1. The molecule has 0 saturated heterocycles. The zero-order valence-electron chi connectivity index (χ0n) is 11.8. The highest BCUT2D eigenvalue weighted by molar-refractivity contribution is 5.89. The summed E-state index contributed by atoms with van der Waals surface area (Å²) in [4.78, 5) is 17.8. The maximum absolute atomic E-state index is 11.8. The monoisotopic (exact) mass is 273 g/mol. The molecule has 1 aromatic carbocycles. The van der Waals surface area contributed by atoms with Gasteiger partial charge in [-0.25, -0.2) is 9.78 Å². The van der Waals surface area contributed by atoms with Crippen molar-refractivity contribution in [2.75, 3.05) is 25.6 Å². The highest BCUT2D eigenvalue weighted by atomic mass is 16.5. The highest BCUT2D eigenvalue weighted by Gasteiger charge is 2.07. The summed E-state index contributed by atoms with van der Waals surface area (Å²) in [5.74, 6) is -0.277. The molecule has 5 nitrogen and oxygen atoms in total. The predicted octanol–water partition coefficient (Wildman–Crippen LogP) is 2.20. The third kappa shape index (κ3) is 3.85. The molecule has 0 atom stereocenters. The number of rotatable bonds is 6. The van der Waals surface area contributed by atoms with E-state index in [1.54, 1.807) is 24.7 Å². The van der Waals surface area contributed by atoms with E-state index in [-0.39, 0.29) is 5.97 Å². The van der Waals surface area contributed by atoms with Crippen molar-refractivity contribution in [1.82, 2.24) is 9.55 Å². The van der Waals surface area contributed by atoms with Crippen molar-refractivity contribution in [1.29, 1.82) is 0 Å². The Balaban J connectivity index is 1.76. The normalized spacial score (nSPS) is 10.3. The van der Waals surface area contributed by atoms with E-state index in [2.05, 4.69) is 4.98 Å². The summed E-state index contributed by atoms with van der Waals surface area (Å²) in [5, 5.41) is 0. The molecular formula is C15H19N3O2. The molecule has 0 aliphatic rings. The first kappa shape index (κ1) is 14.1. The third-order valence-corrected chi connectivity index (χ3v) is 2.97. The number of aromatic nitrogens is 2. The molecule has 20 heavy (non-hydrogen) atoms. The molecule has 2 rings (SSSR count). The van der Waals surface area contributed by atoms with Gasteiger partial charge in [-0.05, 0) is 30.7 Å². The van der Waals surface area contributed by atoms with Crippen LogP contribution in [0.3, 0.4) is 0 Å². The van der Waals surface area contributed by atoms with Gasteiger partial charge in [0, 0.05) is 38.7 Å². The van der Waals surface area contributed by atoms with Gasteiger partial charge in [0.1, 0.15) is 0 Å².